The summed E-state index contributed by atoms with van der Waals surface area (Å²) in [6.07, 6.45) is 0.926. The molecule has 2 aliphatic rings. The molecule has 1 aromatic heterocycles. The maximum Gasteiger partial charge on any atom is 0.265 e. The van der Waals surface area contributed by atoms with Gasteiger partial charge in [-0.15, -0.1) is 11.3 Å². The fourth-order valence-electron chi connectivity index (χ4n) is 5.08. The van der Waals surface area contributed by atoms with E-state index in [2.05, 4.69) is 29.6 Å². The summed E-state index contributed by atoms with van der Waals surface area (Å²) in [5, 5.41) is 5.11. The fourth-order valence-corrected chi connectivity index (χ4v) is 6.60. The van der Waals surface area contributed by atoms with Gasteiger partial charge in [0.15, 0.2) is 0 Å². The summed E-state index contributed by atoms with van der Waals surface area (Å²) in [7, 11) is 0. The normalized spacial score (nSPS) is 18.0. The van der Waals surface area contributed by atoms with Crippen molar-refractivity contribution in [1.29, 1.82) is 0 Å². The van der Waals surface area contributed by atoms with Gasteiger partial charge in [0.1, 0.15) is 4.88 Å². The van der Waals surface area contributed by atoms with E-state index in [1.165, 1.54) is 11.3 Å². The van der Waals surface area contributed by atoms with Crippen molar-refractivity contribution in [2.24, 2.45) is 0 Å². The highest BCUT2D eigenvalue weighted by molar-refractivity contribution is 7.21. The number of hydrogen-bond donors (Lipinski definition) is 1. The lowest BCUT2D eigenvalue weighted by Crippen LogP contribution is -2.62. The molecule has 0 bridgehead atoms. The van der Waals surface area contributed by atoms with Crippen LogP contribution in [0, 0.1) is 0 Å². The summed E-state index contributed by atoms with van der Waals surface area (Å²) in [6, 6.07) is 26.3. The topological polar surface area (TPSA) is 52.7 Å². The molecule has 0 spiro atoms. The van der Waals surface area contributed by atoms with Crippen LogP contribution in [0.3, 0.4) is 0 Å². The van der Waals surface area contributed by atoms with E-state index in [1.807, 2.05) is 64.4 Å². The number of nitrogens with zero attached hydrogens (tertiary/aromatic N) is 2. The molecule has 3 aromatic carbocycles. The van der Waals surface area contributed by atoms with Gasteiger partial charge in [-0.05, 0) is 35.7 Å². The Morgan fingerprint density at radius 2 is 1.50 bits per heavy atom. The quantitative estimate of drug-likeness (QED) is 0.379. The summed E-state index contributed by atoms with van der Waals surface area (Å²) < 4.78 is 1.02. The number of fused-ring (bicyclic) bond motifs is 1. The smallest absolute Gasteiger partial charge is 0.265 e. The number of nitrogens with one attached hydrogen (secondary N) is 1. The Morgan fingerprint density at radius 1 is 0.806 bits per heavy atom. The Balaban J connectivity index is 1.07. The van der Waals surface area contributed by atoms with E-state index >= 15 is 0 Å². The molecule has 0 aliphatic carbocycles. The highest BCUT2D eigenvalue weighted by Gasteiger charge is 2.36. The number of rotatable bonds is 5. The first-order valence-corrected chi connectivity index (χ1v) is 13.4. The van der Waals surface area contributed by atoms with Gasteiger partial charge >= 0.3 is 0 Å². The predicted molar refractivity (Wildman–Crippen MR) is 146 cm³/mol. The molecule has 2 amide bonds. The first-order chi connectivity index (χ1) is 17.6. The van der Waals surface area contributed by atoms with Gasteiger partial charge in [0, 0.05) is 53.9 Å². The molecule has 0 unspecified atom stereocenters. The highest BCUT2D eigenvalue weighted by atomic mass is 35.5. The van der Waals surface area contributed by atoms with Crippen molar-refractivity contribution >= 4 is 44.8 Å². The first kappa shape index (κ1) is 23.2. The molecule has 0 saturated carbocycles. The van der Waals surface area contributed by atoms with Crippen molar-refractivity contribution in [2.75, 3.05) is 26.2 Å². The summed E-state index contributed by atoms with van der Waals surface area (Å²) in [5.74, 6) is 0.0768. The van der Waals surface area contributed by atoms with Crippen molar-refractivity contribution < 1.29 is 9.59 Å². The molecule has 0 radical (unpaired) electrons. The number of amides is 2. The maximum absolute atomic E-state index is 13.2. The zero-order chi connectivity index (χ0) is 24.6. The third-order valence-electron chi connectivity index (χ3n) is 7.07. The second-order valence-corrected chi connectivity index (χ2v) is 10.9. The van der Waals surface area contributed by atoms with E-state index in [0.29, 0.717) is 29.5 Å². The largest absolute Gasteiger partial charge is 0.337 e. The minimum Gasteiger partial charge on any atom is -0.337 e. The molecule has 6 rings (SSSR count). The van der Waals surface area contributed by atoms with Crippen LogP contribution in [0.2, 0.25) is 5.02 Å². The van der Waals surface area contributed by atoms with Gasteiger partial charge < -0.3 is 15.1 Å². The Kier molecular flexibility index (Phi) is 6.25. The molecule has 3 heterocycles. The summed E-state index contributed by atoms with van der Waals surface area (Å²) >= 11 is 8.12. The van der Waals surface area contributed by atoms with Crippen LogP contribution in [0.5, 0.6) is 0 Å². The van der Waals surface area contributed by atoms with Crippen LogP contribution in [0.1, 0.15) is 26.5 Å². The van der Waals surface area contributed by atoms with Crippen LogP contribution in [-0.4, -0.2) is 59.9 Å². The lowest BCUT2D eigenvalue weighted by atomic mass is 10.0. The molecule has 4 aromatic rings. The molecule has 5 nitrogen and oxygen atoms in total. The van der Waals surface area contributed by atoms with E-state index in [4.69, 9.17) is 11.6 Å². The van der Waals surface area contributed by atoms with Gasteiger partial charge in [0.2, 0.25) is 0 Å². The van der Waals surface area contributed by atoms with E-state index in [-0.39, 0.29) is 23.9 Å². The second kappa shape index (κ2) is 9.69. The lowest BCUT2D eigenvalue weighted by Gasteiger charge is -2.41. The number of thiophene rings is 1. The standard InChI is InChI=1S/C29H26ClN3O2S/c30-26-24-12-11-21(19-7-3-1-4-8-19)15-25(24)36-27(26)29(35)33-17-23(18-33)31-22-13-14-32(16-22)28(34)20-9-5-2-6-10-20/h1-12,15,22-23,31H,13-14,16-18H2/t22-/m0/s1. The maximum atomic E-state index is 13.2. The molecule has 2 aliphatic heterocycles. The molecule has 36 heavy (non-hydrogen) atoms. The monoisotopic (exact) mass is 515 g/mol. The van der Waals surface area contributed by atoms with E-state index < -0.39 is 0 Å². The van der Waals surface area contributed by atoms with E-state index in [1.54, 1.807) is 0 Å². The zero-order valence-corrected chi connectivity index (χ0v) is 21.3. The Labute approximate surface area is 219 Å². The SMILES string of the molecule is O=C(c1ccccc1)N1CC[C@H](NC2CN(C(=O)c3sc4cc(-c5ccccc5)ccc4c3Cl)C2)C1. The Hall–Kier alpha value is -3.19. The van der Waals surface area contributed by atoms with Gasteiger partial charge in [0.05, 0.1) is 5.02 Å². The van der Waals surface area contributed by atoms with Crippen LogP contribution < -0.4 is 5.32 Å². The van der Waals surface area contributed by atoms with Crippen LogP contribution >= 0.6 is 22.9 Å². The number of hydrogen-bond acceptors (Lipinski definition) is 4. The van der Waals surface area contributed by atoms with E-state index in [0.717, 1.165) is 39.7 Å². The Bertz CT molecular complexity index is 1420. The average Bonchev–Trinajstić information content (AvgIpc) is 3.50. The van der Waals surface area contributed by atoms with Crippen molar-refractivity contribution in [3.8, 4) is 11.1 Å². The molecule has 182 valence electrons. The number of likely N-dealkylation sites (tertiary alicyclic amines) is 2. The average molecular weight is 516 g/mol. The summed E-state index contributed by atoms with van der Waals surface area (Å²) in [6.45, 7) is 2.76. The van der Waals surface area contributed by atoms with Gasteiger partial charge in [-0.25, -0.2) is 0 Å². The predicted octanol–water partition coefficient (Wildman–Crippen LogP) is 5.55. The third kappa shape index (κ3) is 4.41. The van der Waals surface area contributed by atoms with Crippen molar-refractivity contribution in [3.63, 3.8) is 0 Å². The molecule has 2 saturated heterocycles. The highest BCUT2D eigenvalue weighted by Crippen LogP contribution is 2.38. The van der Waals surface area contributed by atoms with Gasteiger partial charge in [-0.3, -0.25) is 9.59 Å². The van der Waals surface area contributed by atoms with Crippen LogP contribution in [0.4, 0.5) is 0 Å². The molecule has 1 N–H and O–H groups in total. The molecular weight excluding hydrogens is 490 g/mol. The first-order valence-electron chi connectivity index (χ1n) is 12.2. The van der Waals surface area contributed by atoms with Crippen molar-refractivity contribution in [1.82, 2.24) is 15.1 Å². The Morgan fingerprint density at radius 3 is 2.25 bits per heavy atom. The minimum absolute atomic E-state index is 0.00665. The number of halogens is 1. The summed E-state index contributed by atoms with van der Waals surface area (Å²) in [5.41, 5.74) is 2.99. The number of benzene rings is 3. The van der Waals surface area contributed by atoms with Gasteiger partial charge in [0.25, 0.3) is 11.8 Å². The van der Waals surface area contributed by atoms with Crippen LogP contribution in [0.15, 0.2) is 78.9 Å². The van der Waals surface area contributed by atoms with Crippen LogP contribution in [0.25, 0.3) is 21.2 Å². The van der Waals surface area contributed by atoms with Crippen LogP contribution in [-0.2, 0) is 0 Å². The zero-order valence-electron chi connectivity index (χ0n) is 19.7. The fraction of sp³-hybridized carbons (Fsp3) is 0.241. The number of carbonyl (C=O) groups is 2. The minimum atomic E-state index is -0.00665. The van der Waals surface area contributed by atoms with Gasteiger partial charge in [-0.1, -0.05) is 72.3 Å². The lowest BCUT2D eigenvalue weighted by molar-refractivity contribution is 0.0558. The van der Waals surface area contributed by atoms with Crippen molar-refractivity contribution in [2.45, 2.75) is 18.5 Å². The van der Waals surface area contributed by atoms with Crippen molar-refractivity contribution in [3.05, 3.63) is 94.3 Å². The molecular formula is C29H26ClN3O2S. The van der Waals surface area contributed by atoms with E-state index in [9.17, 15) is 9.59 Å². The molecule has 2 fully saturated rings. The molecule has 7 heteroatoms. The molecule has 1 atom stereocenters. The third-order valence-corrected chi connectivity index (χ3v) is 8.71. The number of carbonyl (C=O) groups excluding carboxylic acids is 2. The van der Waals surface area contributed by atoms with Gasteiger partial charge in [-0.2, -0.15) is 0 Å². The summed E-state index contributed by atoms with van der Waals surface area (Å²) in [4.78, 5) is 30.3. The second-order valence-electron chi connectivity index (χ2n) is 9.50.